The summed E-state index contributed by atoms with van der Waals surface area (Å²) in [6, 6.07) is 0. The zero-order valence-corrected chi connectivity index (χ0v) is 13.3. The lowest BCUT2D eigenvalue weighted by molar-refractivity contribution is -0.144. The molecule has 0 aliphatic heterocycles. The van der Waals surface area contributed by atoms with Crippen LogP contribution < -0.4 is 5.73 Å². The van der Waals surface area contributed by atoms with Crippen LogP contribution in [-0.2, 0) is 4.79 Å². The summed E-state index contributed by atoms with van der Waals surface area (Å²) in [6.45, 7) is 6.29. The van der Waals surface area contributed by atoms with Crippen LogP contribution in [0.25, 0.3) is 0 Å². The van der Waals surface area contributed by atoms with Crippen LogP contribution in [0.4, 0.5) is 0 Å². The summed E-state index contributed by atoms with van der Waals surface area (Å²) in [5.74, 6) is -0.700. The fraction of sp³-hybridized carbons (Fsp3) is 0.933. The average Bonchev–Trinajstić information content (AvgIpc) is 2.75. The molecule has 1 rings (SSSR count). The Bertz CT molecular complexity index is 309. The van der Waals surface area contributed by atoms with Gasteiger partial charge in [-0.25, -0.2) is 0 Å². The van der Waals surface area contributed by atoms with Crippen LogP contribution in [0.5, 0.6) is 0 Å². The van der Waals surface area contributed by atoms with E-state index in [9.17, 15) is 9.90 Å². The molecular weight excluding hydrogens is 254 g/mol. The van der Waals surface area contributed by atoms with Crippen molar-refractivity contribution < 1.29 is 9.90 Å². The Labute approximate surface area is 123 Å². The highest BCUT2D eigenvalue weighted by Gasteiger charge is 2.45. The monoisotopic (exact) mass is 285 g/mol. The van der Waals surface area contributed by atoms with Gasteiger partial charge in [0.15, 0.2) is 0 Å². The third-order valence-electron chi connectivity index (χ3n) is 4.47. The lowest BCUT2D eigenvalue weighted by Crippen LogP contribution is -2.51. The average molecular weight is 285 g/mol. The molecule has 1 saturated carbocycles. The van der Waals surface area contributed by atoms with Crippen molar-refractivity contribution in [1.29, 1.82) is 0 Å². The van der Waals surface area contributed by atoms with E-state index in [-0.39, 0.29) is 5.92 Å². The Morgan fingerprint density at radius 3 is 2.55 bits per heavy atom. The molecule has 118 valence electrons. The van der Waals surface area contributed by atoms with Gasteiger partial charge in [0, 0.05) is 13.1 Å². The van der Waals surface area contributed by atoms with Crippen LogP contribution in [0, 0.1) is 5.92 Å². The summed E-state index contributed by atoms with van der Waals surface area (Å²) in [4.78, 5) is 16.0. The first-order valence-corrected chi connectivity index (χ1v) is 7.79. The standard InChI is InChI=1S/C15H31N3O2/c1-4-9-18(12-11-17(2)3)10-7-13-6-5-8-15(13,16)14(19)20/h13H,4-12,16H2,1-3H3,(H,19,20). The number of nitrogens with zero attached hydrogens (tertiary/aromatic N) is 2. The fourth-order valence-electron chi connectivity index (χ4n) is 3.12. The smallest absolute Gasteiger partial charge is 0.323 e. The highest BCUT2D eigenvalue weighted by atomic mass is 16.4. The molecule has 0 heterocycles. The Morgan fingerprint density at radius 2 is 2.00 bits per heavy atom. The summed E-state index contributed by atoms with van der Waals surface area (Å²) in [6.07, 6.45) is 4.55. The third-order valence-corrected chi connectivity index (χ3v) is 4.47. The van der Waals surface area contributed by atoms with Crippen molar-refractivity contribution in [2.45, 2.75) is 44.6 Å². The van der Waals surface area contributed by atoms with Gasteiger partial charge in [0.25, 0.3) is 0 Å². The quantitative estimate of drug-likeness (QED) is 0.667. The maximum atomic E-state index is 11.4. The molecule has 0 aromatic rings. The number of carboxylic acid groups (broad SMARTS) is 1. The van der Waals surface area contributed by atoms with E-state index in [0.717, 1.165) is 51.9 Å². The van der Waals surface area contributed by atoms with Gasteiger partial charge in [-0.1, -0.05) is 13.3 Å². The van der Waals surface area contributed by atoms with Gasteiger partial charge in [-0.15, -0.1) is 0 Å². The van der Waals surface area contributed by atoms with Crippen LogP contribution in [0.15, 0.2) is 0 Å². The second-order valence-electron chi connectivity index (χ2n) is 6.37. The SMILES string of the molecule is CCCN(CCC1CCCC1(N)C(=O)O)CCN(C)C. The molecule has 1 aliphatic rings. The molecule has 1 aliphatic carbocycles. The summed E-state index contributed by atoms with van der Waals surface area (Å²) in [5, 5.41) is 9.34. The normalized spacial score (nSPS) is 26.6. The lowest BCUT2D eigenvalue weighted by Gasteiger charge is -2.30. The largest absolute Gasteiger partial charge is 0.480 e. The van der Waals surface area contributed by atoms with Crippen LogP contribution in [-0.4, -0.2) is 66.7 Å². The van der Waals surface area contributed by atoms with Crippen molar-refractivity contribution in [2.75, 3.05) is 40.3 Å². The van der Waals surface area contributed by atoms with Crippen molar-refractivity contribution in [1.82, 2.24) is 9.80 Å². The highest BCUT2D eigenvalue weighted by molar-refractivity contribution is 5.79. The first-order valence-electron chi connectivity index (χ1n) is 7.79. The third kappa shape index (κ3) is 4.72. The molecule has 0 aromatic carbocycles. The number of hydrogen-bond acceptors (Lipinski definition) is 4. The Kier molecular flexibility index (Phi) is 6.92. The first kappa shape index (κ1) is 17.4. The van der Waals surface area contributed by atoms with E-state index in [2.05, 4.69) is 30.8 Å². The van der Waals surface area contributed by atoms with Crippen molar-refractivity contribution in [3.63, 3.8) is 0 Å². The molecule has 0 aromatic heterocycles. The maximum Gasteiger partial charge on any atom is 0.323 e. The number of carboxylic acids is 1. The lowest BCUT2D eigenvalue weighted by atomic mass is 9.85. The molecule has 0 radical (unpaired) electrons. The molecule has 0 amide bonds. The van der Waals surface area contributed by atoms with Gasteiger partial charge < -0.3 is 20.6 Å². The van der Waals surface area contributed by atoms with Crippen molar-refractivity contribution in [3.05, 3.63) is 0 Å². The van der Waals surface area contributed by atoms with E-state index in [4.69, 9.17) is 5.73 Å². The summed E-state index contributed by atoms with van der Waals surface area (Å²) >= 11 is 0. The zero-order chi connectivity index (χ0) is 15.2. The second-order valence-corrected chi connectivity index (χ2v) is 6.37. The Balaban J connectivity index is 2.47. The van der Waals surface area contributed by atoms with E-state index >= 15 is 0 Å². The van der Waals surface area contributed by atoms with Crippen molar-refractivity contribution in [3.8, 4) is 0 Å². The molecule has 2 unspecified atom stereocenters. The molecule has 5 heteroatoms. The predicted molar refractivity (Wildman–Crippen MR) is 81.8 cm³/mol. The predicted octanol–water partition coefficient (Wildman–Crippen LogP) is 1.23. The molecule has 2 atom stereocenters. The molecular formula is C15H31N3O2. The minimum atomic E-state index is -0.987. The number of nitrogens with two attached hydrogens (primary N) is 1. The maximum absolute atomic E-state index is 11.4. The van der Waals surface area contributed by atoms with Gasteiger partial charge in [-0.2, -0.15) is 0 Å². The van der Waals surface area contributed by atoms with E-state index in [1.807, 2.05) is 0 Å². The van der Waals surface area contributed by atoms with Crippen LogP contribution in [0.1, 0.15) is 39.0 Å². The minimum absolute atomic E-state index is 0.124. The van der Waals surface area contributed by atoms with Gasteiger partial charge in [-0.3, -0.25) is 4.79 Å². The van der Waals surface area contributed by atoms with Gasteiger partial charge in [0.05, 0.1) is 0 Å². The van der Waals surface area contributed by atoms with E-state index in [1.54, 1.807) is 0 Å². The van der Waals surface area contributed by atoms with E-state index in [0.29, 0.717) is 6.42 Å². The number of carbonyl (C=O) groups is 1. The molecule has 20 heavy (non-hydrogen) atoms. The highest BCUT2D eigenvalue weighted by Crippen LogP contribution is 2.36. The molecule has 3 N–H and O–H groups in total. The van der Waals surface area contributed by atoms with Gasteiger partial charge >= 0.3 is 5.97 Å². The molecule has 0 bridgehead atoms. The first-order chi connectivity index (χ1) is 9.40. The topological polar surface area (TPSA) is 69.8 Å². The number of likely N-dealkylation sites (N-methyl/N-ethyl adjacent to an activating group) is 1. The van der Waals surface area contributed by atoms with Crippen LogP contribution in [0.3, 0.4) is 0 Å². The van der Waals surface area contributed by atoms with E-state index in [1.165, 1.54) is 0 Å². The summed E-state index contributed by atoms with van der Waals surface area (Å²) < 4.78 is 0. The van der Waals surface area contributed by atoms with E-state index < -0.39 is 11.5 Å². The Hall–Kier alpha value is -0.650. The van der Waals surface area contributed by atoms with Gasteiger partial charge in [-0.05, 0) is 58.8 Å². The van der Waals surface area contributed by atoms with Gasteiger partial charge in [0.2, 0.25) is 0 Å². The molecule has 5 nitrogen and oxygen atoms in total. The number of aliphatic carboxylic acids is 1. The van der Waals surface area contributed by atoms with Crippen LogP contribution in [0.2, 0.25) is 0 Å². The van der Waals surface area contributed by atoms with Gasteiger partial charge in [0.1, 0.15) is 5.54 Å². The number of hydrogen-bond donors (Lipinski definition) is 2. The van der Waals surface area contributed by atoms with Crippen LogP contribution >= 0.6 is 0 Å². The Morgan fingerprint density at radius 1 is 1.30 bits per heavy atom. The summed E-state index contributed by atoms with van der Waals surface area (Å²) in [5.41, 5.74) is 5.12. The second kappa shape index (κ2) is 7.96. The minimum Gasteiger partial charge on any atom is -0.480 e. The molecule has 0 saturated heterocycles. The summed E-state index contributed by atoms with van der Waals surface area (Å²) in [7, 11) is 4.16. The fourth-order valence-corrected chi connectivity index (χ4v) is 3.12. The number of rotatable bonds is 9. The van der Waals surface area contributed by atoms with Crippen molar-refractivity contribution in [2.24, 2.45) is 11.7 Å². The zero-order valence-electron chi connectivity index (χ0n) is 13.3. The van der Waals surface area contributed by atoms with Crippen molar-refractivity contribution >= 4 is 5.97 Å². The molecule has 0 spiro atoms. The molecule has 1 fully saturated rings.